The zero-order valence-corrected chi connectivity index (χ0v) is 15.2. The summed E-state index contributed by atoms with van der Waals surface area (Å²) < 4.78 is 43.5. The van der Waals surface area contributed by atoms with E-state index in [4.69, 9.17) is 16.3 Å². The summed E-state index contributed by atoms with van der Waals surface area (Å²) in [4.78, 5) is 17.6. The van der Waals surface area contributed by atoms with Gasteiger partial charge in [0.05, 0.1) is 18.7 Å². The number of thiazole rings is 1. The molecule has 0 spiro atoms. The summed E-state index contributed by atoms with van der Waals surface area (Å²) in [6.45, 7) is 1.89. The molecular formula is C17H14ClF3N2O2S. The van der Waals surface area contributed by atoms with Crippen LogP contribution in [-0.2, 0) is 11.2 Å². The van der Waals surface area contributed by atoms with Crippen LogP contribution in [0, 0.1) is 0 Å². The van der Waals surface area contributed by atoms with Gasteiger partial charge in [0.1, 0.15) is 0 Å². The quantitative estimate of drug-likeness (QED) is 0.633. The number of anilines is 2. The smallest absolute Gasteiger partial charge is 0.392 e. The van der Waals surface area contributed by atoms with Gasteiger partial charge in [0.25, 0.3) is 0 Å². The van der Waals surface area contributed by atoms with Gasteiger partial charge in [0.15, 0.2) is 10.8 Å². The molecule has 2 heterocycles. The van der Waals surface area contributed by atoms with Gasteiger partial charge in [-0.25, -0.2) is 9.78 Å². The van der Waals surface area contributed by atoms with Crippen LogP contribution in [0.5, 0.6) is 0 Å². The molecule has 0 aliphatic carbocycles. The molecular weight excluding hydrogens is 389 g/mol. The van der Waals surface area contributed by atoms with Crippen LogP contribution in [0.15, 0.2) is 35.4 Å². The highest BCUT2D eigenvalue weighted by Crippen LogP contribution is 2.40. The molecule has 1 aliphatic rings. The minimum Gasteiger partial charge on any atom is -0.461 e. The Hall–Kier alpha value is -2.06. The molecule has 0 atom stereocenters. The molecule has 2 aromatic rings. The summed E-state index contributed by atoms with van der Waals surface area (Å²) in [6.07, 6.45) is -3.72. The maximum absolute atomic E-state index is 12.8. The summed E-state index contributed by atoms with van der Waals surface area (Å²) in [5.41, 5.74) is 1.68. The zero-order chi connectivity index (χ0) is 18.9. The van der Waals surface area contributed by atoms with Crippen molar-refractivity contribution >= 4 is 39.7 Å². The Morgan fingerprint density at radius 2 is 2.19 bits per heavy atom. The number of alkyl halides is 3. The first-order chi connectivity index (χ1) is 12.3. The number of carbonyl (C=O) groups is 1. The van der Waals surface area contributed by atoms with E-state index in [1.807, 2.05) is 0 Å². The van der Waals surface area contributed by atoms with E-state index in [2.05, 4.69) is 4.98 Å². The molecule has 9 heteroatoms. The Kier molecular flexibility index (Phi) is 5.24. The number of aromatic nitrogens is 1. The summed E-state index contributed by atoms with van der Waals surface area (Å²) >= 11 is 7.20. The molecule has 0 radical (unpaired) electrons. The van der Waals surface area contributed by atoms with Crippen LogP contribution in [0.2, 0.25) is 5.02 Å². The number of allylic oxidation sites excluding steroid dienone is 1. The van der Waals surface area contributed by atoms with Crippen LogP contribution in [-0.4, -0.2) is 23.7 Å². The SMILES string of the molecule is CCOC(=O)c1csc(N2C=C(CC(F)(F)F)Cc3ccc(Cl)cc32)n1. The second kappa shape index (κ2) is 7.28. The average Bonchev–Trinajstić information content (AvgIpc) is 3.03. The van der Waals surface area contributed by atoms with E-state index < -0.39 is 18.6 Å². The van der Waals surface area contributed by atoms with E-state index in [1.54, 1.807) is 30.0 Å². The molecule has 3 rings (SSSR count). The number of halogens is 4. The van der Waals surface area contributed by atoms with Crippen molar-refractivity contribution in [1.82, 2.24) is 4.98 Å². The lowest BCUT2D eigenvalue weighted by Gasteiger charge is -2.28. The van der Waals surface area contributed by atoms with Crippen LogP contribution in [0.1, 0.15) is 29.4 Å². The van der Waals surface area contributed by atoms with Gasteiger partial charge in [0, 0.05) is 16.6 Å². The molecule has 4 nitrogen and oxygen atoms in total. The van der Waals surface area contributed by atoms with Crippen LogP contribution in [0.3, 0.4) is 0 Å². The first-order valence-corrected chi connectivity index (χ1v) is 8.99. The van der Waals surface area contributed by atoms with Crippen molar-refractivity contribution in [1.29, 1.82) is 0 Å². The van der Waals surface area contributed by atoms with E-state index in [-0.39, 0.29) is 24.3 Å². The van der Waals surface area contributed by atoms with Gasteiger partial charge in [0.2, 0.25) is 0 Å². The standard InChI is InChI=1S/C17H14ClF3N2O2S/c1-2-25-15(24)13-9-26-16(22-13)23-8-10(7-17(19,20)21)5-11-3-4-12(18)6-14(11)23/h3-4,6,8-9H,2,5,7H2,1H3. The molecule has 0 fully saturated rings. The number of benzene rings is 1. The highest BCUT2D eigenvalue weighted by atomic mass is 35.5. The monoisotopic (exact) mass is 402 g/mol. The number of ether oxygens (including phenoxy) is 1. The van der Waals surface area contributed by atoms with Gasteiger partial charge in [-0.05, 0) is 36.6 Å². The lowest BCUT2D eigenvalue weighted by molar-refractivity contribution is -0.127. The molecule has 0 saturated heterocycles. The van der Waals surface area contributed by atoms with Gasteiger partial charge in [-0.3, -0.25) is 4.90 Å². The second-order valence-electron chi connectivity index (χ2n) is 5.63. The van der Waals surface area contributed by atoms with E-state index >= 15 is 0 Å². The molecule has 26 heavy (non-hydrogen) atoms. The number of esters is 1. The Morgan fingerprint density at radius 3 is 2.88 bits per heavy atom. The molecule has 0 amide bonds. The molecule has 1 aliphatic heterocycles. The van der Waals surface area contributed by atoms with Crippen LogP contribution < -0.4 is 4.90 Å². The second-order valence-corrected chi connectivity index (χ2v) is 6.91. The summed E-state index contributed by atoms with van der Waals surface area (Å²) in [5.74, 6) is -0.571. The highest BCUT2D eigenvalue weighted by molar-refractivity contribution is 7.14. The molecule has 138 valence electrons. The minimum atomic E-state index is -4.31. The normalized spacial score (nSPS) is 14.0. The van der Waals surface area contributed by atoms with Crippen molar-refractivity contribution in [3.05, 3.63) is 51.6 Å². The van der Waals surface area contributed by atoms with Crippen molar-refractivity contribution in [2.45, 2.75) is 25.9 Å². The molecule has 1 aromatic carbocycles. The highest BCUT2D eigenvalue weighted by Gasteiger charge is 2.32. The summed E-state index contributed by atoms with van der Waals surface area (Å²) in [6, 6.07) is 5.01. The lowest BCUT2D eigenvalue weighted by atomic mass is 9.97. The van der Waals surface area contributed by atoms with Gasteiger partial charge < -0.3 is 4.74 Å². The zero-order valence-electron chi connectivity index (χ0n) is 13.6. The van der Waals surface area contributed by atoms with Crippen LogP contribution >= 0.6 is 22.9 Å². The maximum Gasteiger partial charge on any atom is 0.392 e. The van der Waals surface area contributed by atoms with E-state index in [0.717, 1.165) is 11.3 Å². The Labute approximate surface area is 156 Å². The minimum absolute atomic E-state index is 0.117. The van der Waals surface area contributed by atoms with E-state index in [9.17, 15) is 18.0 Å². The van der Waals surface area contributed by atoms with Crippen molar-refractivity contribution in [3.8, 4) is 0 Å². The Bertz CT molecular complexity index is 864. The number of hydrogen-bond acceptors (Lipinski definition) is 5. The first-order valence-electron chi connectivity index (χ1n) is 7.73. The number of hydrogen-bond donors (Lipinski definition) is 0. The number of carbonyl (C=O) groups excluding carboxylic acids is 1. The van der Waals surface area contributed by atoms with Gasteiger partial charge in [-0.15, -0.1) is 11.3 Å². The predicted octanol–water partition coefficient (Wildman–Crippen LogP) is 5.50. The van der Waals surface area contributed by atoms with Crippen molar-refractivity contribution in [3.63, 3.8) is 0 Å². The lowest BCUT2D eigenvalue weighted by Crippen LogP contribution is -2.20. The third-order valence-corrected chi connectivity index (χ3v) is 4.72. The maximum atomic E-state index is 12.8. The molecule has 0 N–H and O–H groups in total. The fourth-order valence-electron chi connectivity index (χ4n) is 2.65. The van der Waals surface area contributed by atoms with Gasteiger partial charge >= 0.3 is 12.1 Å². The largest absolute Gasteiger partial charge is 0.461 e. The summed E-state index contributed by atoms with van der Waals surface area (Å²) in [5, 5.41) is 2.35. The molecule has 0 bridgehead atoms. The fourth-order valence-corrected chi connectivity index (χ4v) is 3.60. The third-order valence-electron chi connectivity index (χ3n) is 3.65. The molecule has 1 aromatic heterocycles. The predicted molar refractivity (Wildman–Crippen MR) is 94.1 cm³/mol. The number of fused-ring (bicyclic) bond motifs is 1. The average molecular weight is 403 g/mol. The van der Waals surface area contributed by atoms with Crippen LogP contribution in [0.25, 0.3) is 0 Å². The van der Waals surface area contributed by atoms with E-state index in [0.29, 0.717) is 21.4 Å². The van der Waals surface area contributed by atoms with Gasteiger partial charge in [-0.2, -0.15) is 13.2 Å². The van der Waals surface area contributed by atoms with Crippen LogP contribution in [0.4, 0.5) is 24.0 Å². The summed E-state index contributed by atoms with van der Waals surface area (Å²) in [7, 11) is 0. The Balaban J connectivity index is 2.00. The van der Waals surface area contributed by atoms with E-state index in [1.165, 1.54) is 11.6 Å². The van der Waals surface area contributed by atoms with Gasteiger partial charge in [-0.1, -0.05) is 17.7 Å². The molecule has 0 saturated carbocycles. The van der Waals surface area contributed by atoms with Crippen molar-refractivity contribution in [2.75, 3.05) is 11.5 Å². The third kappa shape index (κ3) is 4.19. The number of nitrogens with zero attached hydrogens (tertiary/aromatic N) is 2. The fraction of sp³-hybridized carbons (Fsp3) is 0.294. The molecule has 0 unspecified atom stereocenters. The first kappa shape index (κ1) is 18.7. The number of rotatable bonds is 4. The van der Waals surface area contributed by atoms with Crippen molar-refractivity contribution in [2.24, 2.45) is 0 Å². The topological polar surface area (TPSA) is 42.4 Å². The van der Waals surface area contributed by atoms with Crippen molar-refractivity contribution < 1.29 is 22.7 Å². The Morgan fingerprint density at radius 1 is 1.42 bits per heavy atom.